The zero-order chi connectivity index (χ0) is 15.2. The van der Waals surface area contributed by atoms with Crippen LogP contribution in [-0.2, 0) is 9.53 Å². The summed E-state index contributed by atoms with van der Waals surface area (Å²) >= 11 is 0. The Hall–Kier alpha value is -1.30. The molecular weight excluding hydrogens is 246 g/mol. The molecule has 6 nitrogen and oxygen atoms in total. The van der Waals surface area contributed by atoms with Gasteiger partial charge in [0.2, 0.25) is 5.91 Å². The summed E-state index contributed by atoms with van der Waals surface area (Å²) in [6.07, 6.45) is -0.558. The van der Waals surface area contributed by atoms with Crippen LogP contribution in [0.5, 0.6) is 0 Å². The van der Waals surface area contributed by atoms with Gasteiger partial charge in [-0.3, -0.25) is 4.79 Å². The maximum atomic E-state index is 11.6. The molecule has 0 aromatic carbocycles. The Morgan fingerprint density at radius 2 is 1.74 bits per heavy atom. The molecule has 19 heavy (non-hydrogen) atoms. The largest absolute Gasteiger partial charge is 0.444 e. The van der Waals surface area contributed by atoms with E-state index in [0.29, 0.717) is 12.5 Å². The first kappa shape index (κ1) is 17.7. The van der Waals surface area contributed by atoms with E-state index in [9.17, 15) is 9.59 Å². The first-order chi connectivity index (χ1) is 8.53. The second kappa shape index (κ2) is 7.33. The van der Waals surface area contributed by atoms with Crippen molar-refractivity contribution in [2.75, 3.05) is 6.54 Å². The number of primary amides is 1. The van der Waals surface area contributed by atoms with Crippen molar-refractivity contribution in [3.05, 3.63) is 0 Å². The lowest BCUT2D eigenvalue weighted by molar-refractivity contribution is -0.120. The summed E-state index contributed by atoms with van der Waals surface area (Å²) in [5.74, 6) is -0.111. The highest BCUT2D eigenvalue weighted by Crippen LogP contribution is 2.07. The molecule has 0 fully saturated rings. The molecule has 2 unspecified atom stereocenters. The number of carbonyl (C=O) groups excluding carboxylic acids is 2. The molecule has 0 saturated heterocycles. The van der Waals surface area contributed by atoms with Gasteiger partial charge in [0.05, 0.1) is 6.04 Å². The number of rotatable bonds is 6. The summed E-state index contributed by atoms with van der Waals surface area (Å²) in [5.41, 5.74) is 4.76. The molecule has 0 heterocycles. The minimum absolute atomic E-state index is 0.385. The fourth-order valence-electron chi connectivity index (χ4n) is 1.46. The van der Waals surface area contributed by atoms with Crippen molar-refractivity contribution in [2.45, 2.75) is 59.2 Å². The molecule has 0 aromatic rings. The van der Waals surface area contributed by atoms with Crippen LogP contribution in [0.25, 0.3) is 0 Å². The van der Waals surface area contributed by atoms with Gasteiger partial charge in [-0.25, -0.2) is 4.79 Å². The van der Waals surface area contributed by atoms with Crippen LogP contribution in [0.4, 0.5) is 4.79 Å². The van der Waals surface area contributed by atoms with Crippen LogP contribution in [0, 0.1) is 5.92 Å². The van der Waals surface area contributed by atoms with E-state index in [2.05, 4.69) is 10.6 Å². The molecule has 0 bridgehead atoms. The number of hydrogen-bond acceptors (Lipinski definition) is 4. The Balaban J connectivity index is 4.44. The van der Waals surface area contributed by atoms with Gasteiger partial charge >= 0.3 is 6.09 Å². The summed E-state index contributed by atoms with van der Waals surface area (Å²) in [4.78, 5) is 23.0. The van der Waals surface area contributed by atoms with E-state index < -0.39 is 29.7 Å². The van der Waals surface area contributed by atoms with Crippen LogP contribution >= 0.6 is 0 Å². The molecule has 112 valence electrons. The molecule has 2 amide bonds. The number of nitrogens with two attached hydrogens (primary N) is 1. The van der Waals surface area contributed by atoms with Crippen LogP contribution in [0.2, 0.25) is 0 Å². The van der Waals surface area contributed by atoms with E-state index in [1.54, 1.807) is 27.7 Å². The smallest absolute Gasteiger partial charge is 0.407 e. The normalized spacial score (nSPS) is 14.9. The summed E-state index contributed by atoms with van der Waals surface area (Å²) < 4.78 is 5.13. The van der Waals surface area contributed by atoms with Crippen LogP contribution in [-0.4, -0.2) is 36.2 Å². The van der Waals surface area contributed by atoms with Crippen molar-refractivity contribution >= 4 is 12.0 Å². The van der Waals surface area contributed by atoms with Crippen LogP contribution in [0.1, 0.15) is 41.5 Å². The Morgan fingerprint density at radius 3 is 2.11 bits per heavy atom. The first-order valence-electron chi connectivity index (χ1n) is 6.55. The van der Waals surface area contributed by atoms with Gasteiger partial charge in [-0.15, -0.1) is 0 Å². The molecule has 0 spiro atoms. The van der Waals surface area contributed by atoms with E-state index in [0.717, 1.165) is 0 Å². The second-order valence-electron chi connectivity index (χ2n) is 6.12. The third-order valence-electron chi connectivity index (χ3n) is 2.30. The molecule has 0 aliphatic carbocycles. The van der Waals surface area contributed by atoms with Crippen LogP contribution < -0.4 is 16.4 Å². The zero-order valence-electron chi connectivity index (χ0n) is 12.7. The maximum Gasteiger partial charge on any atom is 0.407 e. The van der Waals surface area contributed by atoms with Gasteiger partial charge in [0.25, 0.3) is 0 Å². The topological polar surface area (TPSA) is 93.5 Å². The molecule has 0 aromatic heterocycles. The monoisotopic (exact) mass is 273 g/mol. The van der Waals surface area contributed by atoms with E-state index in [-0.39, 0.29) is 0 Å². The third-order valence-corrected chi connectivity index (χ3v) is 2.30. The van der Waals surface area contributed by atoms with Gasteiger partial charge in [-0.2, -0.15) is 0 Å². The highest BCUT2D eigenvalue weighted by atomic mass is 16.6. The van der Waals surface area contributed by atoms with Gasteiger partial charge in [0, 0.05) is 0 Å². The summed E-state index contributed by atoms with van der Waals surface area (Å²) in [6, 6.07) is -1.05. The Kier molecular flexibility index (Phi) is 6.83. The highest BCUT2D eigenvalue weighted by Gasteiger charge is 2.26. The molecular formula is C13H27N3O3. The molecule has 2 atom stereocenters. The minimum Gasteiger partial charge on any atom is -0.444 e. The van der Waals surface area contributed by atoms with Crippen molar-refractivity contribution < 1.29 is 14.3 Å². The molecule has 0 saturated carbocycles. The number of hydrogen-bond donors (Lipinski definition) is 3. The number of nitrogens with one attached hydrogen (secondary N) is 2. The Bertz CT molecular complexity index is 311. The van der Waals surface area contributed by atoms with Gasteiger partial charge in [-0.1, -0.05) is 13.8 Å². The maximum absolute atomic E-state index is 11.6. The third kappa shape index (κ3) is 8.42. The van der Waals surface area contributed by atoms with E-state index >= 15 is 0 Å². The number of ether oxygens (including phenoxy) is 1. The van der Waals surface area contributed by atoms with Gasteiger partial charge in [0.15, 0.2) is 0 Å². The standard InChI is InChI=1S/C13H27N3O3/c1-8(2)7-15-10(11(14)17)9(3)16-12(18)19-13(4,5)6/h8-10,15H,7H2,1-6H3,(H2,14,17)(H,16,18). The fourth-order valence-corrected chi connectivity index (χ4v) is 1.46. The van der Waals surface area contributed by atoms with Crippen molar-refractivity contribution in [1.29, 1.82) is 0 Å². The second-order valence-corrected chi connectivity index (χ2v) is 6.12. The van der Waals surface area contributed by atoms with E-state index in [1.807, 2.05) is 13.8 Å². The average molecular weight is 273 g/mol. The SMILES string of the molecule is CC(C)CNC(C(N)=O)C(C)NC(=O)OC(C)(C)C. The lowest BCUT2D eigenvalue weighted by atomic mass is 10.1. The van der Waals surface area contributed by atoms with Crippen LogP contribution in [0.15, 0.2) is 0 Å². The molecule has 4 N–H and O–H groups in total. The lowest BCUT2D eigenvalue weighted by Gasteiger charge is -2.26. The highest BCUT2D eigenvalue weighted by molar-refractivity contribution is 5.81. The Morgan fingerprint density at radius 1 is 1.21 bits per heavy atom. The molecule has 0 aliphatic heterocycles. The van der Waals surface area contributed by atoms with E-state index in [1.165, 1.54) is 0 Å². The minimum atomic E-state index is -0.616. The Labute approximate surface area is 115 Å². The van der Waals surface area contributed by atoms with Crippen molar-refractivity contribution in [3.63, 3.8) is 0 Å². The summed E-state index contributed by atoms with van der Waals surface area (Å²) in [6.45, 7) is 11.7. The number of alkyl carbamates (subject to hydrolysis) is 1. The van der Waals surface area contributed by atoms with Crippen molar-refractivity contribution in [3.8, 4) is 0 Å². The van der Waals surface area contributed by atoms with Crippen molar-refractivity contribution in [1.82, 2.24) is 10.6 Å². The number of carbonyl (C=O) groups is 2. The number of amides is 2. The predicted molar refractivity (Wildman–Crippen MR) is 74.7 cm³/mol. The predicted octanol–water partition coefficient (Wildman–Crippen LogP) is 0.999. The van der Waals surface area contributed by atoms with Gasteiger partial charge in [0.1, 0.15) is 11.6 Å². The lowest BCUT2D eigenvalue weighted by Crippen LogP contribution is -2.56. The molecule has 0 radical (unpaired) electrons. The zero-order valence-corrected chi connectivity index (χ0v) is 12.7. The van der Waals surface area contributed by atoms with Crippen molar-refractivity contribution in [2.24, 2.45) is 11.7 Å². The molecule has 0 rings (SSSR count). The van der Waals surface area contributed by atoms with E-state index in [4.69, 9.17) is 10.5 Å². The van der Waals surface area contributed by atoms with Gasteiger partial charge < -0.3 is 21.1 Å². The summed E-state index contributed by atoms with van der Waals surface area (Å²) in [5, 5.41) is 5.66. The first-order valence-corrected chi connectivity index (χ1v) is 6.55. The average Bonchev–Trinajstić information content (AvgIpc) is 2.12. The van der Waals surface area contributed by atoms with Gasteiger partial charge in [-0.05, 0) is 40.2 Å². The quantitative estimate of drug-likeness (QED) is 0.673. The molecule has 6 heteroatoms. The fraction of sp³-hybridized carbons (Fsp3) is 0.846. The summed E-state index contributed by atoms with van der Waals surface area (Å²) in [7, 11) is 0. The van der Waals surface area contributed by atoms with Crippen LogP contribution in [0.3, 0.4) is 0 Å². The molecule has 0 aliphatic rings.